The fourth-order valence-corrected chi connectivity index (χ4v) is 4.86. The average molecular weight is 411 g/mol. The molecule has 1 atom stereocenters. The summed E-state index contributed by atoms with van der Waals surface area (Å²) < 4.78 is 1.91. The van der Waals surface area contributed by atoms with Gasteiger partial charge in [-0.3, -0.25) is 24.3 Å². The molecule has 0 aliphatic carbocycles. The van der Waals surface area contributed by atoms with Gasteiger partial charge in [0.1, 0.15) is 0 Å². The fraction of sp³-hybridized carbons (Fsp3) is 0.609. The minimum Gasteiger partial charge on any atom is -0.350 e. The number of carbonyl (C=O) groups excluding carboxylic acids is 1. The first-order valence-corrected chi connectivity index (χ1v) is 11.2. The van der Waals surface area contributed by atoms with E-state index in [1.807, 2.05) is 29.9 Å². The first kappa shape index (κ1) is 21.0. The summed E-state index contributed by atoms with van der Waals surface area (Å²) in [6.45, 7) is 7.84. The van der Waals surface area contributed by atoms with Crippen molar-refractivity contribution in [1.29, 1.82) is 0 Å². The van der Waals surface area contributed by atoms with Gasteiger partial charge in [-0.1, -0.05) is 6.07 Å². The highest BCUT2D eigenvalue weighted by Gasteiger charge is 2.31. The Hall–Kier alpha value is -2.25. The summed E-state index contributed by atoms with van der Waals surface area (Å²) in [6, 6.07) is 6.41. The van der Waals surface area contributed by atoms with E-state index >= 15 is 0 Å². The van der Waals surface area contributed by atoms with Crippen LogP contribution in [0.25, 0.3) is 0 Å². The van der Waals surface area contributed by atoms with Crippen molar-refractivity contribution in [3.63, 3.8) is 0 Å². The summed E-state index contributed by atoms with van der Waals surface area (Å²) >= 11 is 0. The number of hydrogen-bond acceptors (Lipinski definition) is 5. The van der Waals surface area contributed by atoms with Gasteiger partial charge < -0.3 is 5.32 Å². The minimum absolute atomic E-state index is 0.0959. The summed E-state index contributed by atoms with van der Waals surface area (Å²) in [5.41, 5.74) is 3.38. The lowest BCUT2D eigenvalue weighted by atomic mass is 9.93. The van der Waals surface area contributed by atoms with Crippen LogP contribution >= 0.6 is 0 Å². The Kier molecular flexibility index (Phi) is 6.79. The largest absolute Gasteiger partial charge is 0.350 e. The molecule has 2 fully saturated rings. The predicted molar refractivity (Wildman–Crippen MR) is 117 cm³/mol. The molecule has 0 unspecified atom stereocenters. The van der Waals surface area contributed by atoms with E-state index < -0.39 is 0 Å². The summed E-state index contributed by atoms with van der Waals surface area (Å²) in [5, 5.41) is 7.55. The Bertz CT molecular complexity index is 827. The summed E-state index contributed by atoms with van der Waals surface area (Å²) in [7, 11) is 1.99. The number of hydrogen-bond donors (Lipinski definition) is 1. The number of piperidine rings is 2. The number of aryl methyl sites for hydroxylation is 2. The second-order valence-electron chi connectivity index (χ2n) is 8.79. The average Bonchev–Trinajstić information content (AvgIpc) is 3.10. The van der Waals surface area contributed by atoms with Crippen LogP contribution in [0.4, 0.5) is 0 Å². The lowest BCUT2D eigenvalue weighted by Crippen LogP contribution is -2.50. The quantitative estimate of drug-likeness (QED) is 0.790. The van der Waals surface area contributed by atoms with Crippen molar-refractivity contribution >= 4 is 5.91 Å². The third kappa shape index (κ3) is 5.26. The Labute approximate surface area is 179 Å². The molecule has 0 aromatic carbocycles. The second-order valence-corrected chi connectivity index (χ2v) is 8.79. The molecule has 0 radical (unpaired) electrons. The van der Waals surface area contributed by atoms with Gasteiger partial charge in [0.2, 0.25) is 5.91 Å². The predicted octanol–water partition coefficient (Wildman–Crippen LogP) is 2.12. The second kappa shape index (κ2) is 9.71. The number of rotatable bonds is 6. The van der Waals surface area contributed by atoms with Crippen LogP contribution in [-0.2, 0) is 24.9 Å². The molecule has 4 rings (SSSR count). The topological polar surface area (TPSA) is 66.3 Å². The maximum absolute atomic E-state index is 12.7. The van der Waals surface area contributed by atoms with Crippen molar-refractivity contribution in [2.24, 2.45) is 13.0 Å². The van der Waals surface area contributed by atoms with Gasteiger partial charge >= 0.3 is 0 Å². The molecular weight excluding hydrogens is 376 g/mol. The van der Waals surface area contributed by atoms with E-state index in [4.69, 9.17) is 0 Å². The van der Waals surface area contributed by atoms with Crippen molar-refractivity contribution in [2.45, 2.75) is 51.7 Å². The molecule has 0 saturated carbocycles. The summed E-state index contributed by atoms with van der Waals surface area (Å²) in [6.07, 6.45) is 8.37. The van der Waals surface area contributed by atoms with Crippen LogP contribution in [0.3, 0.4) is 0 Å². The fourth-order valence-electron chi connectivity index (χ4n) is 4.86. The van der Waals surface area contributed by atoms with E-state index in [-0.39, 0.29) is 11.8 Å². The van der Waals surface area contributed by atoms with Gasteiger partial charge in [-0.05, 0) is 64.4 Å². The lowest BCUT2D eigenvalue weighted by Gasteiger charge is -2.42. The Balaban J connectivity index is 1.24. The van der Waals surface area contributed by atoms with Gasteiger partial charge in [0.25, 0.3) is 0 Å². The molecule has 2 aliphatic heterocycles. The molecule has 2 aromatic rings. The van der Waals surface area contributed by atoms with Gasteiger partial charge in [0.05, 0.1) is 23.9 Å². The molecule has 7 heteroatoms. The Morgan fingerprint density at radius 3 is 2.73 bits per heavy atom. The number of likely N-dealkylation sites (tertiary alicyclic amines) is 2. The third-order valence-electron chi connectivity index (χ3n) is 6.58. The molecule has 2 aliphatic rings. The summed E-state index contributed by atoms with van der Waals surface area (Å²) in [5.74, 6) is 0.272. The molecule has 4 heterocycles. The molecule has 1 N–H and O–H groups in total. The van der Waals surface area contributed by atoms with E-state index in [1.165, 1.54) is 18.4 Å². The zero-order valence-electron chi connectivity index (χ0n) is 18.3. The van der Waals surface area contributed by atoms with E-state index in [9.17, 15) is 4.79 Å². The van der Waals surface area contributed by atoms with Crippen molar-refractivity contribution in [1.82, 2.24) is 29.9 Å². The molecule has 1 amide bonds. The van der Waals surface area contributed by atoms with E-state index in [2.05, 4.69) is 38.3 Å². The highest BCUT2D eigenvalue weighted by Crippen LogP contribution is 2.25. The minimum atomic E-state index is 0.0959. The molecule has 2 saturated heterocycles. The molecule has 2 aromatic heterocycles. The number of nitrogens with one attached hydrogen (secondary N) is 1. The monoisotopic (exact) mass is 410 g/mol. The highest BCUT2D eigenvalue weighted by molar-refractivity contribution is 5.78. The Morgan fingerprint density at radius 1 is 1.20 bits per heavy atom. The standard InChI is InChI=1S/C23H34N6O/c1-18-20(15-27(2)26-18)16-28-12-8-22(9-13-28)29-11-5-6-19(17-29)23(30)25-14-21-7-3-4-10-24-21/h3-4,7,10,15,19,22H,5-6,8-9,11-14,16-17H2,1-2H3,(H,25,30)/t19-/m0/s1. The number of carbonyl (C=O) groups is 1. The van der Waals surface area contributed by atoms with Crippen molar-refractivity contribution in [3.8, 4) is 0 Å². The van der Waals surface area contributed by atoms with Crippen LogP contribution in [0.5, 0.6) is 0 Å². The summed E-state index contributed by atoms with van der Waals surface area (Å²) in [4.78, 5) is 22.1. The zero-order chi connectivity index (χ0) is 20.9. The molecule has 0 spiro atoms. The van der Waals surface area contributed by atoms with Crippen molar-refractivity contribution < 1.29 is 4.79 Å². The van der Waals surface area contributed by atoms with Gasteiger partial charge in [-0.25, -0.2) is 0 Å². The van der Waals surface area contributed by atoms with Crippen molar-refractivity contribution in [2.75, 3.05) is 26.2 Å². The lowest BCUT2D eigenvalue weighted by molar-refractivity contribution is -0.127. The molecule has 30 heavy (non-hydrogen) atoms. The first-order valence-electron chi connectivity index (χ1n) is 11.2. The van der Waals surface area contributed by atoms with Gasteiger partial charge in [0, 0.05) is 44.1 Å². The third-order valence-corrected chi connectivity index (χ3v) is 6.58. The Morgan fingerprint density at radius 2 is 2.03 bits per heavy atom. The maximum atomic E-state index is 12.7. The van der Waals surface area contributed by atoms with Crippen LogP contribution in [0.15, 0.2) is 30.6 Å². The van der Waals surface area contributed by atoms with Crippen molar-refractivity contribution in [3.05, 3.63) is 47.5 Å². The maximum Gasteiger partial charge on any atom is 0.224 e. The van der Waals surface area contributed by atoms with Crippen LogP contribution < -0.4 is 5.32 Å². The van der Waals surface area contributed by atoms with Crippen LogP contribution in [-0.4, -0.2) is 62.7 Å². The van der Waals surface area contributed by atoms with Crippen LogP contribution in [0.1, 0.15) is 42.6 Å². The van der Waals surface area contributed by atoms with E-state index in [0.717, 1.165) is 57.0 Å². The van der Waals surface area contributed by atoms with Crippen LogP contribution in [0.2, 0.25) is 0 Å². The number of amides is 1. The van der Waals surface area contributed by atoms with Gasteiger partial charge in [-0.15, -0.1) is 0 Å². The first-order chi connectivity index (χ1) is 14.6. The van der Waals surface area contributed by atoms with Crippen LogP contribution in [0, 0.1) is 12.8 Å². The SMILES string of the molecule is Cc1nn(C)cc1CN1CCC(N2CCC[C@H](C(=O)NCc3ccccn3)C2)CC1. The van der Waals surface area contributed by atoms with Gasteiger partial charge in [-0.2, -0.15) is 5.10 Å². The number of pyridine rings is 1. The van der Waals surface area contributed by atoms with E-state index in [1.54, 1.807) is 6.20 Å². The van der Waals surface area contributed by atoms with Gasteiger partial charge in [0.15, 0.2) is 0 Å². The number of aromatic nitrogens is 3. The smallest absolute Gasteiger partial charge is 0.224 e. The van der Waals surface area contributed by atoms with E-state index in [0.29, 0.717) is 12.6 Å². The molecular formula is C23H34N6O. The molecule has 162 valence electrons. The zero-order valence-corrected chi connectivity index (χ0v) is 18.3. The number of nitrogens with zero attached hydrogens (tertiary/aromatic N) is 5. The molecule has 0 bridgehead atoms. The highest BCUT2D eigenvalue weighted by atomic mass is 16.1. The molecule has 7 nitrogen and oxygen atoms in total. The normalized spacial score (nSPS) is 21.6.